The zero-order valence-corrected chi connectivity index (χ0v) is 17.4. The van der Waals surface area contributed by atoms with Gasteiger partial charge in [0.25, 0.3) is 5.91 Å². The lowest BCUT2D eigenvalue weighted by molar-refractivity contribution is -0.134. The lowest BCUT2D eigenvalue weighted by atomic mass is 10.0. The Morgan fingerprint density at radius 2 is 1.89 bits per heavy atom. The molecule has 8 heteroatoms. The summed E-state index contributed by atoms with van der Waals surface area (Å²) in [5.74, 6) is 0.149. The number of rotatable bonds is 4. The zero-order chi connectivity index (χ0) is 17.6. The average molecular weight is 417 g/mol. The molecule has 0 bridgehead atoms. The number of amides is 2. The van der Waals surface area contributed by atoms with Gasteiger partial charge >= 0.3 is 0 Å². The molecule has 0 spiro atoms. The first-order valence-electron chi connectivity index (χ1n) is 9.23. The van der Waals surface area contributed by atoms with Crippen molar-refractivity contribution < 1.29 is 9.59 Å². The Morgan fingerprint density at radius 1 is 1.15 bits per heavy atom. The summed E-state index contributed by atoms with van der Waals surface area (Å²) in [5, 5.41) is 6.08. The number of carbonyl (C=O) groups excluding carboxylic acids is 2. The minimum absolute atomic E-state index is 0. The second kappa shape index (κ2) is 11.5. The summed E-state index contributed by atoms with van der Waals surface area (Å²) < 4.78 is 0. The number of carbonyl (C=O) groups is 2. The topological polar surface area (TPSA) is 64.7 Å². The van der Waals surface area contributed by atoms with Gasteiger partial charge in [0, 0.05) is 51.4 Å². The van der Waals surface area contributed by atoms with E-state index in [2.05, 4.69) is 15.5 Å². The van der Waals surface area contributed by atoms with Crippen LogP contribution in [0.4, 0.5) is 0 Å². The number of benzene rings is 1. The van der Waals surface area contributed by atoms with Crippen molar-refractivity contribution in [2.24, 2.45) is 0 Å². The van der Waals surface area contributed by atoms with Crippen LogP contribution in [0.5, 0.6) is 0 Å². The minimum Gasteiger partial charge on any atom is -0.355 e. The third kappa shape index (κ3) is 6.07. The van der Waals surface area contributed by atoms with Gasteiger partial charge in [0.2, 0.25) is 5.91 Å². The van der Waals surface area contributed by atoms with Crippen molar-refractivity contribution in [3.05, 3.63) is 35.4 Å². The van der Waals surface area contributed by atoms with Crippen LogP contribution in [0, 0.1) is 0 Å². The molecule has 2 amide bonds. The maximum absolute atomic E-state index is 12.7. The van der Waals surface area contributed by atoms with Crippen molar-refractivity contribution in [3.63, 3.8) is 0 Å². The molecule has 1 unspecified atom stereocenters. The normalized spacial score (nSPS) is 20.2. The van der Waals surface area contributed by atoms with Crippen molar-refractivity contribution >= 4 is 36.6 Å². The molecule has 1 atom stereocenters. The number of hydrogen-bond acceptors (Lipinski definition) is 4. The van der Waals surface area contributed by atoms with Gasteiger partial charge in [0.15, 0.2) is 0 Å². The number of piperazine rings is 1. The zero-order valence-electron chi connectivity index (χ0n) is 15.8. The second-order valence-corrected chi connectivity index (χ2v) is 6.84. The predicted molar refractivity (Wildman–Crippen MR) is 112 cm³/mol. The highest BCUT2D eigenvalue weighted by molar-refractivity contribution is 5.94. The van der Waals surface area contributed by atoms with Crippen LogP contribution in [-0.2, 0) is 4.79 Å². The molecule has 2 heterocycles. The van der Waals surface area contributed by atoms with E-state index >= 15 is 0 Å². The molecule has 1 aromatic rings. The molecule has 152 valence electrons. The molecule has 2 N–H and O–H groups in total. The molecule has 0 aromatic heterocycles. The fraction of sp³-hybridized carbons (Fsp3) is 0.579. The van der Waals surface area contributed by atoms with E-state index in [0.717, 1.165) is 51.1 Å². The van der Waals surface area contributed by atoms with Crippen molar-refractivity contribution in [2.45, 2.75) is 25.3 Å². The monoisotopic (exact) mass is 416 g/mol. The van der Waals surface area contributed by atoms with Crippen LogP contribution in [0.3, 0.4) is 0 Å². The van der Waals surface area contributed by atoms with Crippen LogP contribution in [-0.4, -0.2) is 67.9 Å². The summed E-state index contributed by atoms with van der Waals surface area (Å²) in [6.45, 7) is 4.76. The Labute approximate surface area is 173 Å². The van der Waals surface area contributed by atoms with Crippen molar-refractivity contribution in [2.75, 3.05) is 46.3 Å². The molecule has 3 rings (SSSR count). The van der Waals surface area contributed by atoms with E-state index in [1.165, 1.54) is 6.42 Å². The third-order valence-corrected chi connectivity index (χ3v) is 5.16. The van der Waals surface area contributed by atoms with Gasteiger partial charge < -0.3 is 15.5 Å². The fourth-order valence-corrected chi connectivity index (χ4v) is 3.71. The molecule has 6 nitrogen and oxygen atoms in total. The van der Waals surface area contributed by atoms with Crippen LogP contribution in [0.1, 0.15) is 41.2 Å². The van der Waals surface area contributed by atoms with Gasteiger partial charge in [-0.3, -0.25) is 14.5 Å². The molecule has 0 aliphatic carbocycles. The van der Waals surface area contributed by atoms with Gasteiger partial charge in [-0.25, -0.2) is 0 Å². The van der Waals surface area contributed by atoms with Crippen LogP contribution < -0.4 is 10.6 Å². The van der Waals surface area contributed by atoms with Crippen molar-refractivity contribution in [1.29, 1.82) is 0 Å². The van der Waals surface area contributed by atoms with Crippen molar-refractivity contribution in [3.8, 4) is 0 Å². The Kier molecular flexibility index (Phi) is 10.1. The Balaban J connectivity index is 0.00000182. The molecule has 0 saturated carbocycles. The Morgan fingerprint density at radius 3 is 2.59 bits per heavy atom. The lowest BCUT2D eigenvalue weighted by Crippen LogP contribution is -2.50. The molecule has 1 aromatic carbocycles. The van der Waals surface area contributed by atoms with Crippen LogP contribution >= 0.6 is 24.8 Å². The second-order valence-electron chi connectivity index (χ2n) is 6.84. The first kappa shape index (κ1) is 23.7. The van der Waals surface area contributed by atoms with E-state index in [4.69, 9.17) is 0 Å². The Hall–Kier alpha value is -1.34. The number of nitrogens with zero attached hydrogens (tertiary/aromatic N) is 2. The maximum atomic E-state index is 12.7. The van der Waals surface area contributed by atoms with E-state index in [0.29, 0.717) is 12.1 Å². The highest BCUT2D eigenvalue weighted by Crippen LogP contribution is 2.23. The minimum atomic E-state index is -0.0819. The number of nitrogens with one attached hydrogen (secondary N) is 2. The predicted octanol–water partition coefficient (Wildman–Crippen LogP) is 1.85. The van der Waals surface area contributed by atoms with E-state index in [1.807, 2.05) is 29.2 Å². The summed E-state index contributed by atoms with van der Waals surface area (Å²) in [6.07, 6.45) is 3.46. The van der Waals surface area contributed by atoms with Gasteiger partial charge in [0.05, 0.1) is 6.54 Å². The van der Waals surface area contributed by atoms with Crippen molar-refractivity contribution in [1.82, 2.24) is 20.4 Å². The molecule has 0 radical (unpaired) electrons. The molecule has 2 saturated heterocycles. The summed E-state index contributed by atoms with van der Waals surface area (Å²) in [5.41, 5.74) is 1.74. The quantitative estimate of drug-likeness (QED) is 0.785. The largest absolute Gasteiger partial charge is 0.355 e. The van der Waals surface area contributed by atoms with Crippen LogP contribution in [0.25, 0.3) is 0 Å². The Bertz CT molecular complexity index is 623. The highest BCUT2D eigenvalue weighted by atomic mass is 35.5. The summed E-state index contributed by atoms with van der Waals surface area (Å²) >= 11 is 0. The van der Waals surface area contributed by atoms with E-state index in [9.17, 15) is 9.59 Å². The highest BCUT2D eigenvalue weighted by Gasteiger charge is 2.28. The maximum Gasteiger partial charge on any atom is 0.251 e. The average Bonchev–Trinajstić information content (AvgIpc) is 2.68. The summed E-state index contributed by atoms with van der Waals surface area (Å²) in [4.78, 5) is 28.8. The number of halogens is 2. The van der Waals surface area contributed by atoms with Gasteiger partial charge in [-0.2, -0.15) is 0 Å². The number of hydrogen-bond donors (Lipinski definition) is 2. The van der Waals surface area contributed by atoms with Gasteiger partial charge in [-0.05, 0) is 37.0 Å². The van der Waals surface area contributed by atoms with Gasteiger partial charge in [-0.1, -0.05) is 12.1 Å². The van der Waals surface area contributed by atoms with E-state index < -0.39 is 0 Å². The summed E-state index contributed by atoms with van der Waals surface area (Å²) in [6, 6.07) is 7.84. The lowest BCUT2D eigenvalue weighted by Gasteiger charge is -2.38. The molecule has 2 aliphatic rings. The van der Waals surface area contributed by atoms with E-state index in [1.54, 1.807) is 7.05 Å². The molecular weight excluding hydrogens is 387 g/mol. The molecule has 2 aliphatic heterocycles. The first-order chi connectivity index (χ1) is 12.2. The third-order valence-electron chi connectivity index (χ3n) is 5.16. The molecule has 27 heavy (non-hydrogen) atoms. The van der Waals surface area contributed by atoms with Crippen LogP contribution in [0.15, 0.2) is 24.3 Å². The number of likely N-dealkylation sites (tertiary alicyclic amines) is 1. The van der Waals surface area contributed by atoms with Crippen LogP contribution in [0.2, 0.25) is 0 Å². The number of piperidine rings is 1. The molecule has 2 fully saturated rings. The fourth-order valence-electron chi connectivity index (χ4n) is 3.71. The standard InChI is InChI=1S/C19H28N4O2.2ClH/c1-20-19(25)16-7-5-6-15(12-16)17-13-21-8-11-23(17)14-18(24)22-9-3-2-4-10-22;;/h5-7,12,17,21H,2-4,8-11,13-14H2,1H3,(H,20,25);2*1H. The van der Waals surface area contributed by atoms with Gasteiger partial charge in [-0.15, -0.1) is 24.8 Å². The molecular formula is C19H30Cl2N4O2. The smallest absolute Gasteiger partial charge is 0.251 e. The SMILES string of the molecule is CNC(=O)c1cccc(C2CNCCN2CC(=O)N2CCCCC2)c1.Cl.Cl. The summed E-state index contributed by atoms with van der Waals surface area (Å²) in [7, 11) is 1.64. The van der Waals surface area contributed by atoms with E-state index in [-0.39, 0.29) is 42.7 Å². The first-order valence-corrected chi connectivity index (χ1v) is 9.23. The van der Waals surface area contributed by atoms with Gasteiger partial charge in [0.1, 0.15) is 0 Å².